The normalized spacial score (nSPS) is 17.6. The molecular weight excluding hydrogens is 324 g/mol. The Kier molecular flexibility index (Phi) is 5.40. The summed E-state index contributed by atoms with van der Waals surface area (Å²) < 4.78 is 15.1. The lowest BCUT2D eigenvalue weighted by molar-refractivity contribution is 0.394. The van der Waals surface area contributed by atoms with Crippen LogP contribution in [0.15, 0.2) is 18.2 Å². The van der Waals surface area contributed by atoms with Crippen LogP contribution < -0.4 is 19.7 Å². The summed E-state index contributed by atoms with van der Waals surface area (Å²) in [5.41, 5.74) is 1.02. The molecule has 0 aliphatic carbocycles. The minimum atomic E-state index is 0.365. The van der Waals surface area contributed by atoms with Crippen LogP contribution in [0, 0.1) is 0 Å². The van der Waals surface area contributed by atoms with E-state index >= 15 is 0 Å². The van der Waals surface area contributed by atoms with Gasteiger partial charge in [0, 0.05) is 61.0 Å². The van der Waals surface area contributed by atoms with Crippen LogP contribution in [-0.4, -0.2) is 42.7 Å². The van der Waals surface area contributed by atoms with E-state index in [0.717, 1.165) is 60.5 Å². The van der Waals surface area contributed by atoms with Crippen molar-refractivity contribution in [2.75, 3.05) is 37.5 Å². The van der Waals surface area contributed by atoms with Crippen LogP contribution in [0.25, 0.3) is 0 Å². The van der Waals surface area contributed by atoms with Gasteiger partial charge in [-0.15, -0.1) is 0 Å². The highest BCUT2D eigenvalue weighted by Crippen LogP contribution is 2.28. The van der Waals surface area contributed by atoms with Crippen molar-refractivity contribution in [3.8, 4) is 11.5 Å². The Morgan fingerprint density at radius 2 is 2.00 bits per heavy atom. The van der Waals surface area contributed by atoms with Gasteiger partial charge in [-0.2, -0.15) is 4.37 Å². The van der Waals surface area contributed by atoms with E-state index in [1.807, 2.05) is 18.2 Å². The third-order valence-corrected chi connectivity index (χ3v) is 5.00. The summed E-state index contributed by atoms with van der Waals surface area (Å²) in [6.45, 7) is 4.05. The van der Waals surface area contributed by atoms with E-state index in [0.29, 0.717) is 6.04 Å². The number of methoxy groups -OCH3 is 2. The number of nitrogens with zero attached hydrogens (tertiary/aromatic N) is 3. The zero-order valence-corrected chi connectivity index (χ0v) is 15.2. The Bertz CT molecular complexity index is 654. The molecule has 130 valence electrons. The molecule has 1 fully saturated rings. The number of anilines is 2. The van der Waals surface area contributed by atoms with Gasteiger partial charge in [0.15, 0.2) is 0 Å². The minimum Gasteiger partial charge on any atom is -0.497 e. The number of piperidine rings is 1. The first-order valence-electron chi connectivity index (χ1n) is 8.29. The quantitative estimate of drug-likeness (QED) is 0.865. The highest BCUT2D eigenvalue weighted by atomic mass is 32.1. The average molecular weight is 348 g/mol. The van der Waals surface area contributed by atoms with Crippen molar-refractivity contribution in [3.63, 3.8) is 0 Å². The van der Waals surface area contributed by atoms with E-state index in [4.69, 9.17) is 9.47 Å². The molecule has 1 atom stereocenters. The van der Waals surface area contributed by atoms with Crippen LogP contribution in [0.5, 0.6) is 11.5 Å². The Morgan fingerprint density at radius 3 is 2.62 bits per heavy atom. The number of ether oxygens (including phenoxy) is 2. The molecule has 0 amide bonds. The van der Waals surface area contributed by atoms with Gasteiger partial charge < -0.3 is 19.7 Å². The largest absolute Gasteiger partial charge is 0.497 e. The van der Waals surface area contributed by atoms with E-state index in [1.54, 1.807) is 14.2 Å². The predicted octanol–water partition coefficient (Wildman–Crippen LogP) is 3.20. The molecule has 6 nitrogen and oxygen atoms in total. The number of hydrogen-bond acceptors (Lipinski definition) is 7. The molecule has 1 aliphatic heterocycles. The van der Waals surface area contributed by atoms with Gasteiger partial charge in [-0.05, 0) is 12.8 Å². The number of nitrogens with one attached hydrogen (secondary N) is 1. The van der Waals surface area contributed by atoms with E-state index in [-0.39, 0.29) is 0 Å². The molecule has 3 rings (SSSR count). The lowest BCUT2D eigenvalue weighted by atomic mass is 10.1. The second-order valence-corrected chi connectivity index (χ2v) is 6.61. The van der Waals surface area contributed by atoms with Gasteiger partial charge >= 0.3 is 0 Å². The summed E-state index contributed by atoms with van der Waals surface area (Å²) in [6, 6.07) is 6.25. The molecule has 24 heavy (non-hydrogen) atoms. The van der Waals surface area contributed by atoms with E-state index in [2.05, 4.69) is 26.5 Å². The molecule has 1 aliphatic rings. The minimum absolute atomic E-state index is 0.365. The van der Waals surface area contributed by atoms with E-state index in [9.17, 15) is 0 Å². The summed E-state index contributed by atoms with van der Waals surface area (Å²) in [5.74, 6) is 2.52. The molecule has 7 heteroatoms. The third kappa shape index (κ3) is 3.90. The molecule has 1 aromatic carbocycles. The summed E-state index contributed by atoms with van der Waals surface area (Å²) in [7, 11) is 3.34. The topological polar surface area (TPSA) is 59.5 Å². The highest BCUT2D eigenvalue weighted by Gasteiger charge is 2.22. The predicted molar refractivity (Wildman–Crippen MR) is 97.7 cm³/mol. The maximum absolute atomic E-state index is 5.35. The van der Waals surface area contributed by atoms with Crippen molar-refractivity contribution >= 4 is 22.4 Å². The summed E-state index contributed by atoms with van der Waals surface area (Å²) in [5, 5.41) is 4.63. The molecule has 1 unspecified atom stereocenters. The second kappa shape index (κ2) is 7.70. The smallest absolute Gasteiger partial charge is 0.205 e. The molecule has 0 bridgehead atoms. The van der Waals surface area contributed by atoms with Crippen molar-refractivity contribution in [2.45, 2.75) is 32.2 Å². The first-order chi connectivity index (χ1) is 11.7. The maximum atomic E-state index is 5.35. The van der Waals surface area contributed by atoms with Crippen molar-refractivity contribution in [1.82, 2.24) is 9.36 Å². The van der Waals surface area contributed by atoms with E-state index in [1.165, 1.54) is 11.5 Å². The van der Waals surface area contributed by atoms with Crippen molar-refractivity contribution < 1.29 is 9.47 Å². The number of rotatable bonds is 6. The molecule has 2 aromatic rings. The van der Waals surface area contributed by atoms with Gasteiger partial charge in [-0.25, -0.2) is 4.98 Å². The monoisotopic (exact) mass is 348 g/mol. The third-order valence-electron chi connectivity index (χ3n) is 4.19. The van der Waals surface area contributed by atoms with Crippen LogP contribution in [0.1, 0.15) is 25.6 Å². The fourth-order valence-corrected chi connectivity index (χ4v) is 3.70. The van der Waals surface area contributed by atoms with Gasteiger partial charge in [0.25, 0.3) is 0 Å². The molecule has 0 spiro atoms. The first-order valence-corrected chi connectivity index (χ1v) is 9.06. The Hall–Kier alpha value is -2.02. The standard InChI is InChI=1S/C17H24N4O2S/c1-4-16-19-17(24-20-16)21-7-5-6-12(11-21)18-13-8-14(22-2)10-15(9-13)23-3/h8-10,12,18H,4-7,11H2,1-3H3. The average Bonchev–Trinajstić information content (AvgIpc) is 3.11. The zero-order valence-electron chi connectivity index (χ0n) is 14.4. The Labute approximate surface area is 147 Å². The number of aryl methyl sites for hydroxylation is 1. The summed E-state index contributed by atoms with van der Waals surface area (Å²) in [4.78, 5) is 6.94. The van der Waals surface area contributed by atoms with Gasteiger partial charge in [0.2, 0.25) is 5.13 Å². The van der Waals surface area contributed by atoms with Crippen LogP contribution in [0.3, 0.4) is 0 Å². The van der Waals surface area contributed by atoms with Gasteiger partial charge in [0.05, 0.1) is 14.2 Å². The number of aromatic nitrogens is 2. The SMILES string of the molecule is CCc1nsc(N2CCCC(Nc3cc(OC)cc(OC)c3)C2)n1. The molecule has 1 aromatic heterocycles. The Morgan fingerprint density at radius 1 is 1.25 bits per heavy atom. The van der Waals surface area contributed by atoms with Crippen molar-refractivity contribution in [1.29, 1.82) is 0 Å². The molecule has 1 N–H and O–H groups in total. The van der Waals surface area contributed by atoms with Gasteiger partial charge in [-0.1, -0.05) is 6.92 Å². The van der Waals surface area contributed by atoms with Crippen LogP contribution >= 0.6 is 11.5 Å². The number of hydrogen-bond donors (Lipinski definition) is 1. The fourth-order valence-electron chi connectivity index (χ4n) is 2.91. The molecule has 2 heterocycles. The van der Waals surface area contributed by atoms with Gasteiger partial charge in [-0.3, -0.25) is 0 Å². The highest BCUT2D eigenvalue weighted by molar-refractivity contribution is 7.09. The van der Waals surface area contributed by atoms with Crippen molar-refractivity contribution in [3.05, 3.63) is 24.0 Å². The van der Waals surface area contributed by atoms with Crippen LogP contribution in [0.2, 0.25) is 0 Å². The molecular formula is C17H24N4O2S. The maximum Gasteiger partial charge on any atom is 0.205 e. The van der Waals surface area contributed by atoms with Crippen LogP contribution in [-0.2, 0) is 6.42 Å². The van der Waals surface area contributed by atoms with Gasteiger partial charge in [0.1, 0.15) is 17.3 Å². The summed E-state index contributed by atoms with van der Waals surface area (Å²) in [6.07, 6.45) is 3.16. The molecule has 1 saturated heterocycles. The zero-order chi connectivity index (χ0) is 16.9. The van der Waals surface area contributed by atoms with Crippen molar-refractivity contribution in [2.24, 2.45) is 0 Å². The Balaban J connectivity index is 1.69. The van der Waals surface area contributed by atoms with Crippen LogP contribution in [0.4, 0.5) is 10.8 Å². The van der Waals surface area contributed by atoms with E-state index < -0.39 is 0 Å². The second-order valence-electron chi connectivity index (χ2n) is 5.88. The fraction of sp³-hybridized carbons (Fsp3) is 0.529. The lowest BCUT2D eigenvalue weighted by Crippen LogP contribution is -2.42. The number of benzene rings is 1. The lowest BCUT2D eigenvalue weighted by Gasteiger charge is -2.33. The molecule has 0 saturated carbocycles. The first kappa shape index (κ1) is 16.8. The molecule has 0 radical (unpaired) electrons. The summed E-state index contributed by atoms with van der Waals surface area (Å²) >= 11 is 1.50.